The Kier molecular flexibility index (Phi) is 8.53. The Morgan fingerprint density at radius 2 is 1.88 bits per heavy atom. The third-order valence-corrected chi connectivity index (χ3v) is 7.89. The molecule has 0 spiro atoms. The SMILES string of the molecule is CC(C)N(Cc1cccc(C(=O)N2CC(C#N)C2)c1)C(=O)c1ccc(-c2ccnc(NCC3CC3)c2)cc1N(C)C=O. The first kappa shape index (κ1) is 28.8. The summed E-state index contributed by atoms with van der Waals surface area (Å²) < 4.78 is 0. The van der Waals surface area contributed by atoms with Gasteiger partial charge in [0.05, 0.1) is 23.2 Å². The van der Waals surface area contributed by atoms with Gasteiger partial charge in [0, 0.05) is 51.0 Å². The molecule has 0 atom stereocenters. The number of pyridine rings is 1. The molecule has 2 heterocycles. The number of likely N-dealkylation sites (tertiary alicyclic amines) is 1. The van der Waals surface area contributed by atoms with Gasteiger partial charge in [0.15, 0.2) is 0 Å². The Hall–Kier alpha value is -4.71. The maximum Gasteiger partial charge on any atom is 0.256 e. The van der Waals surface area contributed by atoms with Crippen molar-refractivity contribution in [3.05, 3.63) is 77.5 Å². The van der Waals surface area contributed by atoms with Gasteiger partial charge in [-0.15, -0.1) is 0 Å². The highest BCUT2D eigenvalue weighted by molar-refractivity contribution is 6.03. The van der Waals surface area contributed by atoms with Gasteiger partial charge in [-0.25, -0.2) is 4.98 Å². The number of anilines is 2. The van der Waals surface area contributed by atoms with Gasteiger partial charge in [0.1, 0.15) is 5.82 Å². The number of nitriles is 1. The van der Waals surface area contributed by atoms with Crippen molar-refractivity contribution in [2.45, 2.75) is 39.3 Å². The molecule has 1 aromatic heterocycles. The molecule has 0 bridgehead atoms. The highest BCUT2D eigenvalue weighted by Crippen LogP contribution is 2.32. The lowest BCUT2D eigenvalue weighted by Crippen LogP contribution is -2.49. The summed E-state index contributed by atoms with van der Waals surface area (Å²) in [6.07, 6.45) is 4.97. The zero-order valence-corrected chi connectivity index (χ0v) is 24.3. The topological polar surface area (TPSA) is 110 Å². The summed E-state index contributed by atoms with van der Waals surface area (Å²) in [5.41, 5.74) is 4.10. The van der Waals surface area contributed by atoms with Crippen molar-refractivity contribution in [3.63, 3.8) is 0 Å². The fourth-order valence-electron chi connectivity index (χ4n) is 5.07. The Morgan fingerprint density at radius 1 is 1.12 bits per heavy atom. The average molecular weight is 565 g/mol. The molecule has 3 aromatic rings. The van der Waals surface area contributed by atoms with E-state index in [9.17, 15) is 14.4 Å². The zero-order chi connectivity index (χ0) is 29.8. The lowest BCUT2D eigenvalue weighted by molar-refractivity contribution is -0.107. The molecule has 1 N–H and O–H groups in total. The van der Waals surface area contributed by atoms with Crippen molar-refractivity contribution >= 4 is 29.7 Å². The molecule has 5 rings (SSSR count). The van der Waals surface area contributed by atoms with Crippen LogP contribution in [0.5, 0.6) is 0 Å². The Bertz CT molecular complexity index is 1520. The van der Waals surface area contributed by atoms with E-state index in [0.29, 0.717) is 42.9 Å². The fourth-order valence-corrected chi connectivity index (χ4v) is 5.07. The summed E-state index contributed by atoms with van der Waals surface area (Å²) in [4.78, 5) is 48.0. The van der Waals surface area contributed by atoms with Crippen molar-refractivity contribution in [2.24, 2.45) is 11.8 Å². The van der Waals surface area contributed by atoms with Crippen LogP contribution in [0.15, 0.2) is 60.8 Å². The van der Waals surface area contributed by atoms with Gasteiger partial charge < -0.3 is 20.0 Å². The molecule has 9 heteroatoms. The molecule has 2 fully saturated rings. The second-order valence-electron chi connectivity index (χ2n) is 11.5. The number of hydrogen-bond donors (Lipinski definition) is 1. The third kappa shape index (κ3) is 6.44. The van der Waals surface area contributed by atoms with E-state index in [1.807, 2.05) is 56.3 Å². The summed E-state index contributed by atoms with van der Waals surface area (Å²) in [6.45, 7) is 5.98. The van der Waals surface area contributed by atoms with Crippen molar-refractivity contribution < 1.29 is 14.4 Å². The van der Waals surface area contributed by atoms with Crippen LogP contribution in [0.4, 0.5) is 11.5 Å². The summed E-state index contributed by atoms with van der Waals surface area (Å²) in [5.74, 6) is 1.09. The van der Waals surface area contributed by atoms with Crippen LogP contribution in [-0.2, 0) is 11.3 Å². The molecule has 1 saturated carbocycles. The van der Waals surface area contributed by atoms with Crippen molar-refractivity contribution in [1.29, 1.82) is 5.26 Å². The first-order valence-electron chi connectivity index (χ1n) is 14.4. The first-order valence-corrected chi connectivity index (χ1v) is 14.4. The quantitative estimate of drug-likeness (QED) is 0.335. The molecule has 216 valence electrons. The number of nitrogens with zero attached hydrogens (tertiary/aromatic N) is 5. The van der Waals surface area contributed by atoms with Crippen LogP contribution in [0, 0.1) is 23.2 Å². The smallest absolute Gasteiger partial charge is 0.256 e. The largest absolute Gasteiger partial charge is 0.370 e. The molecule has 3 amide bonds. The van der Waals surface area contributed by atoms with Crippen LogP contribution in [-0.4, -0.2) is 65.7 Å². The first-order chi connectivity index (χ1) is 20.3. The second-order valence-corrected chi connectivity index (χ2v) is 11.5. The molecular formula is C33H36N6O3. The highest BCUT2D eigenvalue weighted by atomic mass is 16.2. The van der Waals surface area contributed by atoms with E-state index < -0.39 is 0 Å². The second kappa shape index (κ2) is 12.4. The standard InChI is InChI=1S/C33H36N6O3/c1-22(2)39(20-24-5-4-6-28(13-24)32(41)38-18-25(16-34)19-38)33(42)29-10-9-26(14-30(29)37(3)21-40)27-11-12-35-31(15-27)36-17-23-7-8-23/h4-6,9-15,21-23,25H,7-8,17-20H2,1-3H3,(H,35,36). The average Bonchev–Trinajstić information content (AvgIpc) is 3.82. The number of nitrogens with one attached hydrogen (secondary N) is 1. The van der Waals surface area contributed by atoms with E-state index in [-0.39, 0.29) is 23.8 Å². The molecular weight excluding hydrogens is 528 g/mol. The normalized spacial score (nSPS) is 14.6. The van der Waals surface area contributed by atoms with Gasteiger partial charge >= 0.3 is 0 Å². The maximum atomic E-state index is 14.0. The molecule has 0 unspecified atom stereocenters. The van der Waals surface area contributed by atoms with E-state index in [1.165, 1.54) is 17.7 Å². The van der Waals surface area contributed by atoms with E-state index in [2.05, 4.69) is 16.4 Å². The minimum Gasteiger partial charge on any atom is -0.370 e. The van der Waals surface area contributed by atoms with Crippen LogP contribution in [0.2, 0.25) is 0 Å². The number of carbonyl (C=O) groups is 3. The van der Waals surface area contributed by atoms with Crippen LogP contribution < -0.4 is 10.2 Å². The van der Waals surface area contributed by atoms with Gasteiger partial charge in [-0.3, -0.25) is 14.4 Å². The highest BCUT2D eigenvalue weighted by Gasteiger charge is 2.31. The van der Waals surface area contributed by atoms with E-state index >= 15 is 0 Å². The summed E-state index contributed by atoms with van der Waals surface area (Å²) in [7, 11) is 1.64. The zero-order valence-electron chi connectivity index (χ0n) is 24.3. The van der Waals surface area contributed by atoms with Crippen LogP contribution >= 0.6 is 0 Å². The monoisotopic (exact) mass is 564 g/mol. The summed E-state index contributed by atoms with van der Waals surface area (Å²) >= 11 is 0. The van der Waals surface area contributed by atoms with Crippen molar-refractivity contribution in [1.82, 2.24) is 14.8 Å². The molecule has 2 aliphatic rings. The van der Waals surface area contributed by atoms with Gasteiger partial charge in [0.2, 0.25) is 6.41 Å². The lowest BCUT2D eigenvalue weighted by atomic mass is 9.99. The van der Waals surface area contributed by atoms with Gasteiger partial charge in [-0.2, -0.15) is 5.26 Å². The summed E-state index contributed by atoms with van der Waals surface area (Å²) in [6, 6.07) is 18.8. The molecule has 0 radical (unpaired) electrons. The van der Waals surface area contributed by atoms with Crippen LogP contribution in [0.3, 0.4) is 0 Å². The number of rotatable bonds is 11. The number of hydrogen-bond acceptors (Lipinski definition) is 6. The van der Waals surface area contributed by atoms with E-state index in [1.54, 1.807) is 35.2 Å². The van der Waals surface area contributed by atoms with Gasteiger partial charge in [0.25, 0.3) is 11.8 Å². The molecule has 2 aromatic carbocycles. The Balaban J connectivity index is 1.38. The minimum absolute atomic E-state index is 0.110. The van der Waals surface area contributed by atoms with E-state index in [0.717, 1.165) is 35.0 Å². The van der Waals surface area contributed by atoms with E-state index in [4.69, 9.17) is 5.26 Å². The summed E-state index contributed by atoms with van der Waals surface area (Å²) in [5, 5.41) is 12.4. The molecule has 1 aliphatic heterocycles. The van der Waals surface area contributed by atoms with Crippen molar-refractivity contribution in [3.8, 4) is 17.2 Å². The third-order valence-electron chi connectivity index (χ3n) is 7.89. The number of carbonyl (C=O) groups excluding carboxylic acids is 3. The predicted molar refractivity (Wildman–Crippen MR) is 162 cm³/mol. The number of aromatic nitrogens is 1. The molecule has 9 nitrogen and oxygen atoms in total. The number of benzene rings is 2. The number of amides is 3. The van der Waals surface area contributed by atoms with Crippen LogP contribution in [0.25, 0.3) is 11.1 Å². The lowest BCUT2D eigenvalue weighted by Gasteiger charge is -2.35. The predicted octanol–water partition coefficient (Wildman–Crippen LogP) is 4.81. The Labute approximate surface area is 246 Å². The van der Waals surface area contributed by atoms with Gasteiger partial charge in [-0.1, -0.05) is 18.2 Å². The Morgan fingerprint density at radius 3 is 2.57 bits per heavy atom. The molecule has 42 heavy (non-hydrogen) atoms. The fraction of sp³-hybridized carbons (Fsp3) is 0.364. The van der Waals surface area contributed by atoms with Crippen LogP contribution in [0.1, 0.15) is 53.0 Å². The molecule has 1 saturated heterocycles. The van der Waals surface area contributed by atoms with Gasteiger partial charge in [-0.05, 0) is 85.7 Å². The maximum absolute atomic E-state index is 14.0. The van der Waals surface area contributed by atoms with Crippen molar-refractivity contribution in [2.75, 3.05) is 36.9 Å². The minimum atomic E-state index is -0.210. The molecule has 1 aliphatic carbocycles.